The topological polar surface area (TPSA) is 88.5 Å². The van der Waals surface area contributed by atoms with Crippen molar-refractivity contribution in [3.63, 3.8) is 0 Å². The fourth-order valence-corrected chi connectivity index (χ4v) is 4.64. The standard InChI is InChI=1S/C20H27N3O5S/c1-5-14-8-6-7-11-23(14)20(24)18-13-17(21-29(25,26)22(18)2)16-12-15(27-3)9-10-19(16)28-4/h9-10,12-14H,5-8,11H2,1-4H3/t14-/m0/s1. The smallest absolute Gasteiger partial charge is 0.345 e. The molecule has 2 heterocycles. The summed E-state index contributed by atoms with van der Waals surface area (Å²) in [4.78, 5) is 15.1. The zero-order chi connectivity index (χ0) is 21.2. The number of piperidine rings is 1. The number of carbonyl (C=O) groups excluding carboxylic acids is 1. The number of carbonyl (C=O) groups is 1. The zero-order valence-electron chi connectivity index (χ0n) is 17.2. The largest absolute Gasteiger partial charge is 0.497 e. The first-order valence-corrected chi connectivity index (χ1v) is 11.1. The number of nitrogens with zero attached hydrogens (tertiary/aromatic N) is 3. The van der Waals surface area contributed by atoms with Crippen molar-refractivity contribution in [1.29, 1.82) is 0 Å². The highest BCUT2D eigenvalue weighted by Crippen LogP contribution is 2.30. The maximum atomic E-state index is 13.3. The third kappa shape index (κ3) is 4.10. The number of ether oxygens (including phenoxy) is 2. The van der Waals surface area contributed by atoms with Gasteiger partial charge in [-0.25, -0.2) is 4.31 Å². The third-order valence-electron chi connectivity index (χ3n) is 5.43. The number of likely N-dealkylation sites (tertiary alicyclic amines) is 1. The molecule has 1 saturated heterocycles. The molecule has 0 aromatic heterocycles. The Hall–Kier alpha value is -2.55. The molecule has 2 aliphatic heterocycles. The van der Waals surface area contributed by atoms with Gasteiger partial charge in [0.05, 0.1) is 19.9 Å². The summed E-state index contributed by atoms with van der Waals surface area (Å²) in [6.07, 6.45) is 5.26. The van der Waals surface area contributed by atoms with Crippen LogP contribution in [0.2, 0.25) is 0 Å². The zero-order valence-corrected chi connectivity index (χ0v) is 18.0. The second-order valence-corrected chi connectivity index (χ2v) is 8.70. The van der Waals surface area contributed by atoms with Crippen LogP contribution in [0.15, 0.2) is 34.4 Å². The van der Waals surface area contributed by atoms with Crippen molar-refractivity contribution in [2.75, 3.05) is 27.8 Å². The maximum absolute atomic E-state index is 13.3. The van der Waals surface area contributed by atoms with Crippen molar-refractivity contribution in [1.82, 2.24) is 9.21 Å². The Labute approximate surface area is 172 Å². The summed E-state index contributed by atoms with van der Waals surface area (Å²) in [5, 5.41) is 0. The maximum Gasteiger partial charge on any atom is 0.345 e. The number of likely N-dealkylation sites (N-methyl/N-ethyl adjacent to an activating group) is 1. The summed E-state index contributed by atoms with van der Waals surface area (Å²) in [6, 6.07) is 5.14. The third-order valence-corrected chi connectivity index (χ3v) is 6.75. The molecule has 1 atom stereocenters. The molecule has 1 amide bonds. The quantitative estimate of drug-likeness (QED) is 0.728. The Morgan fingerprint density at radius 3 is 2.66 bits per heavy atom. The summed E-state index contributed by atoms with van der Waals surface area (Å²) >= 11 is 0. The summed E-state index contributed by atoms with van der Waals surface area (Å²) in [6.45, 7) is 2.66. The fourth-order valence-electron chi connectivity index (χ4n) is 3.73. The molecule has 2 aliphatic rings. The molecule has 0 bridgehead atoms. The minimum atomic E-state index is -4.05. The van der Waals surface area contributed by atoms with Crippen molar-refractivity contribution in [2.45, 2.75) is 38.6 Å². The second kappa shape index (κ2) is 8.44. The normalized spacial score (nSPS) is 21.3. The lowest BCUT2D eigenvalue weighted by molar-refractivity contribution is -0.131. The van der Waals surface area contributed by atoms with Gasteiger partial charge in [-0.1, -0.05) is 6.92 Å². The number of amides is 1. The van der Waals surface area contributed by atoms with E-state index in [0.29, 0.717) is 23.6 Å². The van der Waals surface area contributed by atoms with Gasteiger partial charge in [0, 0.05) is 25.2 Å². The molecule has 3 rings (SSSR count). The second-order valence-electron chi connectivity index (χ2n) is 7.07. The predicted molar refractivity (Wildman–Crippen MR) is 110 cm³/mol. The Morgan fingerprint density at radius 1 is 1.24 bits per heavy atom. The molecule has 1 aromatic carbocycles. The highest BCUT2D eigenvalue weighted by molar-refractivity contribution is 7.88. The van der Waals surface area contributed by atoms with E-state index in [-0.39, 0.29) is 23.4 Å². The van der Waals surface area contributed by atoms with Gasteiger partial charge >= 0.3 is 10.2 Å². The minimum Gasteiger partial charge on any atom is -0.497 e. The first-order valence-electron chi connectivity index (χ1n) is 9.66. The predicted octanol–water partition coefficient (Wildman–Crippen LogP) is 2.36. The van der Waals surface area contributed by atoms with E-state index in [1.807, 2.05) is 6.92 Å². The molecule has 0 spiro atoms. The molecular formula is C20H27N3O5S. The summed E-state index contributed by atoms with van der Waals surface area (Å²) < 4.78 is 40.9. The molecular weight excluding hydrogens is 394 g/mol. The van der Waals surface area contributed by atoms with Gasteiger partial charge in [0.2, 0.25) is 0 Å². The summed E-state index contributed by atoms with van der Waals surface area (Å²) in [7, 11) is 0.312. The van der Waals surface area contributed by atoms with E-state index in [2.05, 4.69) is 4.40 Å². The SMILES string of the molecule is CC[C@H]1CCCCN1C(=O)C1=CC(c2cc(OC)ccc2OC)=NS(=O)(=O)N1C. The van der Waals surface area contributed by atoms with Gasteiger partial charge in [0.15, 0.2) is 0 Å². The Kier molecular flexibility index (Phi) is 6.16. The highest BCUT2D eigenvalue weighted by Gasteiger charge is 2.35. The Morgan fingerprint density at radius 2 is 2.00 bits per heavy atom. The van der Waals surface area contributed by atoms with Crippen molar-refractivity contribution >= 4 is 21.8 Å². The fraction of sp³-hybridized carbons (Fsp3) is 0.500. The van der Waals surface area contributed by atoms with Crippen LogP contribution in [0.5, 0.6) is 11.5 Å². The van der Waals surface area contributed by atoms with Crippen LogP contribution in [0.3, 0.4) is 0 Å². The molecule has 8 nitrogen and oxygen atoms in total. The molecule has 0 saturated carbocycles. The lowest BCUT2D eigenvalue weighted by atomic mass is 9.99. The van der Waals surface area contributed by atoms with Crippen LogP contribution >= 0.6 is 0 Å². The van der Waals surface area contributed by atoms with E-state index < -0.39 is 10.2 Å². The molecule has 0 N–H and O–H groups in total. The molecule has 0 unspecified atom stereocenters. The molecule has 9 heteroatoms. The number of hydrogen-bond donors (Lipinski definition) is 0. The van der Waals surface area contributed by atoms with Gasteiger partial charge in [-0.3, -0.25) is 4.79 Å². The first kappa shape index (κ1) is 21.2. The number of hydrogen-bond acceptors (Lipinski definition) is 5. The van der Waals surface area contributed by atoms with Crippen molar-refractivity contribution < 1.29 is 22.7 Å². The lowest BCUT2D eigenvalue weighted by Gasteiger charge is -2.37. The molecule has 29 heavy (non-hydrogen) atoms. The lowest BCUT2D eigenvalue weighted by Crippen LogP contribution is -2.47. The molecule has 158 valence electrons. The van der Waals surface area contributed by atoms with E-state index in [1.165, 1.54) is 27.3 Å². The molecule has 1 aromatic rings. The van der Waals surface area contributed by atoms with E-state index in [0.717, 1.165) is 30.0 Å². The van der Waals surface area contributed by atoms with E-state index in [4.69, 9.17) is 9.47 Å². The van der Waals surface area contributed by atoms with Crippen LogP contribution in [0, 0.1) is 0 Å². The van der Waals surface area contributed by atoms with E-state index >= 15 is 0 Å². The average Bonchev–Trinajstić information content (AvgIpc) is 2.74. The molecule has 0 aliphatic carbocycles. The van der Waals surface area contributed by atoms with Crippen molar-refractivity contribution in [3.05, 3.63) is 35.5 Å². The number of benzene rings is 1. The average molecular weight is 422 g/mol. The Balaban J connectivity index is 2.08. The number of methoxy groups -OCH3 is 2. The number of allylic oxidation sites excluding steroid dienone is 1. The minimum absolute atomic E-state index is 0.0835. The summed E-state index contributed by atoms with van der Waals surface area (Å²) in [5.41, 5.74) is 0.673. The van der Waals surface area contributed by atoms with Gasteiger partial charge in [-0.15, -0.1) is 4.40 Å². The highest BCUT2D eigenvalue weighted by atomic mass is 32.2. The van der Waals surface area contributed by atoms with Gasteiger partial charge in [-0.2, -0.15) is 8.42 Å². The van der Waals surface area contributed by atoms with Gasteiger partial charge in [-0.05, 0) is 50.0 Å². The van der Waals surface area contributed by atoms with Gasteiger partial charge in [0.1, 0.15) is 17.2 Å². The monoisotopic (exact) mass is 421 g/mol. The van der Waals surface area contributed by atoms with Crippen LogP contribution in [0.25, 0.3) is 0 Å². The number of rotatable bonds is 5. The van der Waals surface area contributed by atoms with Crippen LogP contribution in [-0.4, -0.2) is 63.1 Å². The van der Waals surface area contributed by atoms with Gasteiger partial charge in [0.25, 0.3) is 5.91 Å². The van der Waals surface area contributed by atoms with Crippen molar-refractivity contribution in [3.8, 4) is 11.5 Å². The molecule has 1 fully saturated rings. The van der Waals surface area contributed by atoms with Crippen molar-refractivity contribution in [2.24, 2.45) is 4.40 Å². The van der Waals surface area contributed by atoms with Crippen LogP contribution in [0.1, 0.15) is 38.2 Å². The van der Waals surface area contributed by atoms with E-state index in [9.17, 15) is 13.2 Å². The van der Waals surface area contributed by atoms with Crippen LogP contribution < -0.4 is 9.47 Å². The van der Waals surface area contributed by atoms with Crippen LogP contribution in [0.4, 0.5) is 0 Å². The Bertz CT molecular complexity index is 955. The van der Waals surface area contributed by atoms with Gasteiger partial charge < -0.3 is 14.4 Å². The van der Waals surface area contributed by atoms with Crippen LogP contribution in [-0.2, 0) is 15.0 Å². The first-order chi connectivity index (χ1) is 13.8. The summed E-state index contributed by atoms with van der Waals surface area (Å²) in [5.74, 6) is 0.678. The molecule has 0 radical (unpaired) electrons. The van der Waals surface area contributed by atoms with E-state index in [1.54, 1.807) is 23.1 Å².